The van der Waals surface area contributed by atoms with Crippen LogP contribution in [-0.4, -0.2) is 31.4 Å². The lowest BCUT2D eigenvalue weighted by atomic mass is 10.1. The molecule has 150 valence electrons. The summed E-state index contributed by atoms with van der Waals surface area (Å²) in [4.78, 5) is 16.7. The van der Waals surface area contributed by atoms with Gasteiger partial charge in [-0.05, 0) is 37.6 Å². The van der Waals surface area contributed by atoms with E-state index in [2.05, 4.69) is 39.6 Å². The number of hydrogen-bond acceptors (Lipinski definition) is 5. The summed E-state index contributed by atoms with van der Waals surface area (Å²) in [5.74, 6) is 1.38. The monoisotopic (exact) mass is 415 g/mol. The highest BCUT2D eigenvalue weighted by molar-refractivity contribution is 7.99. The molecule has 2 heterocycles. The van der Waals surface area contributed by atoms with Crippen LogP contribution in [0.1, 0.15) is 11.1 Å². The molecule has 4 rings (SSSR count). The molecular formula is C23H21N5OS. The molecule has 2 aromatic carbocycles. The molecule has 0 spiro atoms. The van der Waals surface area contributed by atoms with Crippen LogP contribution in [0.25, 0.3) is 17.1 Å². The maximum atomic E-state index is 12.5. The smallest absolute Gasteiger partial charge is 0.236 e. The fraction of sp³-hybridized carbons (Fsp3) is 0.130. The van der Waals surface area contributed by atoms with Crippen molar-refractivity contribution in [3.05, 3.63) is 84.1 Å². The SMILES string of the molecule is Cc1ccc(-c2nnc(SCC(=O)Nc3ncccc3C)n2-c2ccccc2)cc1. The van der Waals surface area contributed by atoms with E-state index in [1.54, 1.807) is 6.20 Å². The number of rotatable bonds is 6. The summed E-state index contributed by atoms with van der Waals surface area (Å²) < 4.78 is 1.98. The normalized spacial score (nSPS) is 10.7. The highest BCUT2D eigenvalue weighted by Gasteiger charge is 2.17. The maximum absolute atomic E-state index is 12.5. The Morgan fingerprint density at radius 2 is 1.73 bits per heavy atom. The van der Waals surface area contributed by atoms with Gasteiger partial charge in [-0.15, -0.1) is 10.2 Å². The molecule has 0 fully saturated rings. The van der Waals surface area contributed by atoms with Gasteiger partial charge in [-0.1, -0.05) is 65.9 Å². The second-order valence-electron chi connectivity index (χ2n) is 6.85. The number of anilines is 1. The number of aryl methyl sites for hydroxylation is 2. The van der Waals surface area contributed by atoms with E-state index < -0.39 is 0 Å². The molecule has 0 aliphatic heterocycles. The van der Waals surface area contributed by atoms with E-state index >= 15 is 0 Å². The molecule has 1 amide bonds. The minimum Gasteiger partial charge on any atom is -0.310 e. The predicted octanol–water partition coefficient (Wildman–Crippen LogP) is 4.68. The van der Waals surface area contributed by atoms with Crippen molar-refractivity contribution in [2.45, 2.75) is 19.0 Å². The first kappa shape index (κ1) is 19.8. The lowest BCUT2D eigenvalue weighted by Crippen LogP contribution is -2.16. The van der Waals surface area contributed by atoms with E-state index in [1.165, 1.54) is 17.3 Å². The van der Waals surface area contributed by atoms with Gasteiger partial charge < -0.3 is 5.32 Å². The van der Waals surface area contributed by atoms with Gasteiger partial charge >= 0.3 is 0 Å². The molecule has 0 aliphatic carbocycles. The molecular weight excluding hydrogens is 394 g/mol. The number of carbonyl (C=O) groups excluding carboxylic acids is 1. The molecule has 4 aromatic rings. The fourth-order valence-electron chi connectivity index (χ4n) is 2.98. The summed E-state index contributed by atoms with van der Waals surface area (Å²) in [5, 5.41) is 12.3. The maximum Gasteiger partial charge on any atom is 0.236 e. The highest BCUT2D eigenvalue weighted by atomic mass is 32.2. The van der Waals surface area contributed by atoms with Crippen LogP contribution in [0.5, 0.6) is 0 Å². The number of aromatic nitrogens is 4. The number of nitrogens with one attached hydrogen (secondary N) is 1. The van der Waals surface area contributed by atoms with Crippen molar-refractivity contribution in [1.82, 2.24) is 19.7 Å². The van der Waals surface area contributed by atoms with Gasteiger partial charge in [0.05, 0.1) is 5.75 Å². The predicted molar refractivity (Wildman–Crippen MR) is 120 cm³/mol. The molecule has 0 saturated carbocycles. The van der Waals surface area contributed by atoms with Crippen molar-refractivity contribution >= 4 is 23.5 Å². The number of para-hydroxylation sites is 1. The number of hydrogen-bond donors (Lipinski definition) is 1. The summed E-state index contributed by atoms with van der Waals surface area (Å²) in [5.41, 5.74) is 4.02. The summed E-state index contributed by atoms with van der Waals surface area (Å²) in [6, 6.07) is 21.8. The van der Waals surface area contributed by atoms with Gasteiger partial charge in [0.2, 0.25) is 5.91 Å². The number of benzene rings is 2. The van der Waals surface area contributed by atoms with Crippen molar-refractivity contribution in [2.24, 2.45) is 0 Å². The Labute approximate surface area is 179 Å². The lowest BCUT2D eigenvalue weighted by molar-refractivity contribution is -0.113. The van der Waals surface area contributed by atoms with Gasteiger partial charge in [-0.3, -0.25) is 9.36 Å². The minimum absolute atomic E-state index is 0.138. The third-order valence-corrected chi connectivity index (χ3v) is 5.49. The Bertz CT molecular complexity index is 1160. The van der Waals surface area contributed by atoms with Crippen LogP contribution in [0.2, 0.25) is 0 Å². The van der Waals surface area contributed by atoms with Crippen LogP contribution in [0.15, 0.2) is 78.1 Å². The van der Waals surface area contributed by atoms with Crippen LogP contribution in [-0.2, 0) is 4.79 Å². The number of pyridine rings is 1. The molecule has 0 bridgehead atoms. The summed E-state index contributed by atoms with van der Waals surface area (Å²) >= 11 is 1.34. The first-order valence-electron chi connectivity index (χ1n) is 9.54. The second-order valence-corrected chi connectivity index (χ2v) is 7.79. The van der Waals surface area contributed by atoms with Crippen molar-refractivity contribution < 1.29 is 4.79 Å². The molecule has 7 heteroatoms. The zero-order valence-corrected chi connectivity index (χ0v) is 17.6. The van der Waals surface area contributed by atoms with Gasteiger partial charge in [0.1, 0.15) is 5.82 Å². The Morgan fingerprint density at radius 1 is 0.967 bits per heavy atom. The molecule has 30 heavy (non-hydrogen) atoms. The molecule has 0 saturated heterocycles. The zero-order chi connectivity index (χ0) is 20.9. The lowest BCUT2D eigenvalue weighted by Gasteiger charge is -2.11. The second kappa shape index (κ2) is 8.92. The first-order chi connectivity index (χ1) is 14.6. The third kappa shape index (κ3) is 4.41. The number of carbonyl (C=O) groups is 1. The molecule has 0 atom stereocenters. The minimum atomic E-state index is -0.138. The molecule has 2 aromatic heterocycles. The van der Waals surface area contributed by atoms with Crippen molar-refractivity contribution in [3.8, 4) is 17.1 Å². The van der Waals surface area contributed by atoms with E-state index in [1.807, 2.05) is 66.1 Å². The quantitative estimate of drug-likeness (QED) is 0.463. The van der Waals surface area contributed by atoms with Crippen LogP contribution < -0.4 is 5.32 Å². The van der Waals surface area contributed by atoms with Crippen molar-refractivity contribution in [2.75, 3.05) is 11.1 Å². The average molecular weight is 416 g/mol. The third-order valence-electron chi connectivity index (χ3n) is 4.56. The Hall–Kier alpha value is -3.45. The van der Waals surface area contributed by atoms with E-state index in [9.17, 15) is 4.79 Å². The highest BCUT2D eigenvalue weighted by Crippen LogP contribution is 2.28. The fourth-order valence-corrected chi connectivity index (χ4v) is 3.73. The summed E-state index contributed by atoms with van der Waals surface area (Å²) in [6.07, 6.45) is 1.66. The van der Waals surface area contributed by atoms with Crippen LogP contribution in [0, 0.1) is 13.8 Å². The molecule has 0 unspecified atom stereocenters. The number of thioether (sulfide) groups is 1. The summed E-state index contributed by atoms with van der Waals surface area (Å²) in [6.45, 7) is 3.96. The topological polar surface area (TPSA) is 72.7 Å². The van der Waals surface area contributed by atoms with Crippen molar-refractivity contribution in [1.29, 1.82) is 0 Å². The van der Waals surface area contributed by atoms with Gasteiger partial charge in [0.25, 0.3) is 0 Å². The Morgan fingerprint density at radius 3 is 2.47 bits per heavy atom. The van der Waals surface area contributed by atoms with Crippen LogP contribution in [0.3, 0.4) is 0 Å². The first-order valence-corrected chi connectivity index (χ1v) is 10.5. The summed E-state index contributed by atoms with van der Waals surface area (Å²) in [7, 11) is 0. The van der Waals surface area contributed by atoms with E-state index in [0.717, 1.165) is 22.6 Å². The molecule has 0 radical (unpaired) electrons. The average Bonchev–Trinajstić information content (AvgIpc) is 3.19. The van der Waals surface area contributed by atoms with E-state index in [0.29, 0.717) is 11.0 Å². The number of amides is 1. The number of nitrogens with zero attached hydrogens (tertiary/aromatic N) is 4. The van der Waals surface area contributed by atoms with Crippen LogP contribution in [0.4, 0.5) is 5.82 Å². The van der Waals surface area contributed by atoms with Gasteiger partial charge in [-0.25, -0.2) is 4.98 Å². The van der Waals surface area contributed by atoms with Gasteiger partial charge in [0.15, 0.2) is 11.0 Å². The van der Waals surface area contributed by atoms with Crippen LogP contribution >= 0.6 is 11.8 Å². The Balaban J connectivity index is 1.59. The zero-order valence-electron chi connectivity index (χ0n) is 16.7. The molecule has 1 N–H and O–H groups in total. The van der Waals surface area contributed by atoms with Gasteiger partial charge in [-0.2, -0.15) is 0 Å². The van der Waals surface area contributed by atoms with Gasteiger partial charge in [0, 0.05) is 17.4 Å². The largest absolute Gasteiger partial charge is 0.310 e. The van der Waals surface area contributed by atoms with Crippen molar-refractivity contribution in [3.63, 3.8) is 0 Å². The van der Waals surface area contributed by atoms with E-state index in [4.69, 9.17) is 0 Å². The molecule has 0 aliphatic rings. The standard InChI is InChI=1S/C23H21N5OS/c1-16-10-12-18(13-11-16)22-26-27-23(28(22)19-8-4-3-5-9-19)30-15-20(29)25-21-17(2)7-6-14-24-21/h3-14H,15H2,1-2H3,(H,24,25,29). The van der Waals surface area contributed by atoms with E-state index in [-0.39, 0.29) is 11.7 Å². The molecule has 6 nitrogen and oxygen atoms in total. The Kier molecular flexibility index (Phi) is 5.90.